The molecule has 1 aliphatic heterocycles. The molecule has 0 aliphatic carbocycles. The zero-order valence-corrected chi connectivity index (χ0v) is 16.8. The van der Waals surface area contributed by atoms with Gasteiger partial charge in [-0.15, -0.1) is 0 Å². The number of likely N-dealkylation sites (N-methyl/N-ethyl adjacent to an activating group) is 1. The van der Waals surface area contributed by atoms with Crippen molar-refractivity contribution in [2.75, 3.05) is 38.5 Å². The second-order valence-corrected chi connectivity index (χ2v) is 7.75. The van der Waals surface area contributed by atoms with Crippen molar-refractivity contribution in [1.82, 2.24) is 19.2 Å². The van der Waals surface area contributed by atoms with E-state index in [1.54, 1.807) is 0 Å². The SMILES string of the molecule is CCN1CCN(Cc2c(-c3ccc(Cl)c(Cl)c3)nc3ccc(N)cn23)CC1. The smallest absolute Gasteiger partial charge is 0.137 e. The van der Waals surface area contributed by atoms with E-state index in [1.807, 2.05) is 36.5 Å². The monoisotopic (exact) mass is 403 g/mol. The second-order valence-electron chi connectivity index (χ2n) is 6.94. The van der Waals surface area contributed by atoms with Gasteiger partial charge in [0.05, 0.1) is 21.4 Å². The number of benzene rings is 1. The van der Waals surface area contributed by atoms with Crippen LogP contribution in [0, 0.1) is 0 Å². The molecule has 0 spiro atoms. The van der Waals surface area contributed by atoms with E-state index in [4.69, 9.17) is 33.9 Å². The van der Waals surface area contributed by atoms with E-state index in [0.29, 0.717) is 10.0 Å². The Morgan fingerprint density at radius 3 is 2.44 bits per heavy atom. The van der Waals surface area contributed by atoms with Crippen LogP contribution in [0.15, 0.2) is 36.5 Å². The standard InChI is InChI=1S/C20H23Cl2N5/c1-2-25-7-9-26(10-8-25)13-18-20(14-3-5-16(21)17(22)11-14)24-19-6-4-15(23)12-27(18)19/h3-6,11-12H,2,7-10,13,23H2,1H3. The number of nitrogen functional groups attached to an aromatic ring is 1. The minimum absolute atomic E-state index is 0.535. The number of aromatic nitrogens is 2. The first-order chi connectivity index (χ1) is 13.0. The quantitative estimate of drug-likeness (QED) is 0.714. The lowest BCUT2D eigenvalue weighted by Crippen LogP contribution is -2.45. The molecule has 7 heteroatoms. The van der Waals surface area contributed by atoms with E-state index < -0.39 is 0 Å². The van der Waals surface area contributed by atoms with E-state index >= 15 is 0 Å². The molecule has 3 heterocycles. The predicted molar refractivity (Wildman–Crippen MR) is 112 cm³/mol. The van der Waals surface area contributed by atoms with Gasteiger partial charge in [-0.05, 0) is 30.8 Å². The van der Waals surface area contributed by atoms with Crippen LogP contribution in [0.3, 0.4) is 0 Å². The van der Waals surface area contributed by atoms with Gasteiger partial charge in [0.15, 0.2) is 0 Å². The van der Waals surface area contributed by atoms with Crippen LogP contribution in [-0.2, 0) is 6.54 Å². The van der Waals surface area contributed by atoms with Gasteiger partial charge in [0.2, 0.25) is 0 Å². The fraction of sp³-hybridized carbons (Fsp3) is 0.350. The van der Waals surface area contributed by atoms with Crippen LogP contribution in [0.5, 0.6) is 0 Å². The summed E-state index contributed by atoms with van der Waals surface area (Å²) in [6.45, 7) is 8.42. The number of hydrogen-bond donors (Lipinski definition) is 1. The number of halogens is 2. The van der Waals surface area contributed by atoms with Crippen molar-refractivity contribution >= 4 is 34.5 Å². The Hall–Kier alpha value is -1.79. The molecule has 0 unspecified atom stereocenters. The molecule has 0 amide bonds. The molecular weight excluding hydrogens is 381 g/mol. The van der Waals surface area contributed by atoms with Gasteiger partial charge in [-0.2, -0.15) is 0 Å². The van der Waals surface area contributed by atoms with Crippen molar-refractivity contribution < 1.29 is 0 Å². The molecule has 1 saturated heterocycles. The number of imidazole rings is 1. The number of nitrogens with two attached hydrogens (primary N) is 1. The van der Waals surface area contributed by atoms with Gasteiger partial charge in [0.25, 0.3) is 0 Å². The van der Waals surface area contributed by atoms with Crippen molar-refractivity contribution in [2.45, 2.75) is 13.5 Å². The molecule has 1 aliphatic rings. The molecule has 0 radical (unpaired) electrons. The predicted octanol–water partition coefficient (Wildman–Crippen LogP) is 4.03. The Morgan fingerprint density at radius 2 is 1.74 bits per heavy atom. The number of piperazine rings is 1. The average molecular weight is 404 g/mol. The van der Waals surface area contributed by atoms with Gasteiger partial charge in [-0.1, -0.05) is 36.2 Å². The fourth-order valence-corrected chi connectivity index (χ4v) is 3.91. The molecule has 1 aromatic carbocycles. The van der Waals surface area contributed by atoms with Gasteiger partial charge < -0.3 is 15.0 Å². The highest BCUT2D eigenvalue weighted by Gasteiger charge is 2.21. The van der Waals surface area contributed by atoms with Crippen LogP contribution >= 0.6 is 23.2 Å². The third-order valence-corrected chi connectivity index (χ3v) is 5.96. The van der Waals surface area contributed by atoms with Crippen LogP contribution in [0.25, 0.3) is 16.9 Å². The molecule has 27 heavy (non-hydrogen) atoms. The topological polar surface area (TPSA) is 49.8 Å². The molecule has 0 atom stereocenters. The third-order valence-electron chi connectivity index (χ3n) is 5.22. The summed E-state index contributed by atoms with van der Waals surface area (Å²) in [5.41, 5.74) is 10.7. The van der Waals surface area contributed by atoms with Gasteiger partial charge in [-0.25, -0.2) is 4.98 Å². The number of anilines is 1. The van der Waals surface area contributed by atoms with E-state index in [-0.39, 0.29) is 0 Å². The Labute approximate surface area is 169 Å². The van der Waals surface area contributed by atoms with Crippen LogP contribution in [0.2, 0.25) is 10.0 Å². The van der Waals surface area contributed by atoms with Gasteiger partial charge in [0, 0.05) is 50.2 Å². The molecule has 142 valence electrons. The van der Waals surface area contributed by atoms with E-state index in [9.17, 15) is 0 Å². The zero-order valence-electron chi connectivity index (χ0n) is 15.3. The minimum Gasteiger partial charge on any atom is -0.398 e. The van der Waals surface area contributed by atoms with Crippen molar-refractivity contribution in [3.63, 3.8) is 0 Å². The van der Waals surface area contributed by atoms with Gasteiger partial charge >= 0.3 is 0 Å². The summed E-state index contributed by atoms with van der Waals surface area (Å²) in [6.07, 6.45) is 1.95. The maximum atomic E-state index is 6.26. The molecule has 0 saturated carbocycles. The second kappa shape index (κ2) is 7.68. The van der Waals surface area contributed by atoms with Gasteiger partial charge in [-0.3, -0.25) is 4.90 Å². The zero-order chi connectivity index (χ0) is 19.0. The summed E-state index contributed by atoms with van der Waals surface area (Å²) >= 11 is 12.4. The van der Waals surface area contributed by atoms with E-state index in [0.717, 1.165) is 67.6 Å². The Bertz CT molecular complexity index is 960. The Kier molecular flexibility index (Phi) is 5.28. The Morgan fingerprint density at radius 1 is 1.00 bits per heavy atom. The summed E-state index contributed by atoms with van der Waals surface area (Å²) in [4.78, 5) is 9.81. The summed E-state index contributed by atoms with van der Waals surface area (Å²) in [6, 6.07) is 9.51. The van der Waals surface area contributed by atoms with Crippen molar-refractivity contribution in [1.29, 1.82) is 0 Å². The molecule has 0 bridgehead atoms. The number of fused-ring (bicyclic) bond motifs is 1. The van der Waals surface area contributed by atoms with Crippen molar-refractivity contribution in [2.24, 2.45) is 0 Å². The molecular formula is C20H23Cl2N5. The minimum atomic E-state index is 0.535. The van der Waals surface area contributed by atoms with Crippen LogP contribution in [0.1, 0.15) is 12.6 Å². The number of rotatable bonds is 4. The summed E-state index contributed by atoms with van der Waals surface area (Å²) < 4.78 is 2.10. The Balaban J connectivity index is 1.74. The largest absolute Gasteiger partial charge is 0.398 e. The number of pyridine rings is 1. The van der Waals surface area contributed by atoms with E-state index in [2.05, 4.69) is 21.1 Å². The highest BCUT2D eigenvalue weighted by molar-refractivity contribution is 6.42. The molecule has 2 aromatic heterocycles. The maximum Gasteiger partial charge on any atom is 0.137 e. The lowest BCUT2D eigenvalue weighted by Gasteiger charge is -2.34. The van der Waals surface area contributed by atoms with Crippen molar-refractivity contribution in [3.8, 4) is 11.3 Å². The fourth-order valence-electron chi connectivity index (χ4n) is 3.61. The number of hydrogen-bond acceptors (Lipinski definition) is 4. The molecule has 1 fully saturated rings. The van der Waals surface area contributed by atoms with E-state index in [1.165, 1.54) is 0 Å². The summed E-state index contributed by atoms with van der Waals surface area (Å²) in [5.74, 6) is 0. The first kappa shape index (κ1) is 18.6. The number of nitrogens with zero attached hydrogens (tertiary/aromatic N) is 4. The lowest BCUT2D eigenvalue weighted by atomic mass is 10.1. The molecule has 2 N–H and O–H groups in total. The first-order valence-corrected chi connectivity index (χ1v) is 9.97. The molecule has 3 aromatic rings. The van der Waals surface area contributed by atoms with Gasteiger partial charge in [0.1, 0.15) is 5.65 Å². The lowest BCUT2D eigenvalue weighted by molar-refractivity contribution is 0.131. The summed E-state index contributed by atoms with van der Waals surface area (Å²) in [7, 11) is 0. The maximum absolute atomic E-state index is 6.26. The first-order valence-electron chi connectivity index (χ1n) is 9.21. The summed E-state index contributed by atoms with van der Waals surface area (Å²) in [5, 5.41) is 1.08. The highest BCUT2D eigenvalue weighted by Crippen LogP contribution is 2.31. The van der Waals surface area contributed by atoms with Crippen LogP contribution < -0.4 is 5.73 Å². The molecule has 5 nitrogen and oxygen atoms in total. The molecule has 4 rings (SSSR count). The third kappa shape index (κ3) is 3.78. The van der Waals surface area contributed by atoms with Crippen LogP contribution in [-0.4, -0.2) is 51.9 Å². The average Bonchev–Trinajstić information content (AvgIpc) is 3.02. The highest BCUT2D eigenvalue weighted by atomic mass is 35.5. The van der Waals surface area contributed by atoms with Crippen molar-refractivity contribution in [3.05, 3.63) is 52.3 Å². The normalized spacial score (nSPS) is 16.3. The van der Waals surface area contributed by atoms with Crippen LogP contribution in [0.4, 0.5) is 5.69 Å².